The lowest BCUT2D eigenvalue weighted by Crippen LogP contribution is -2.44. The van der Waals surface area contributed by atoms with E-state index in [1.165, 1.54) is 25.2 Å². The second-order valence-corrected chi connectivity index (χ2v) is 7.27. The van der Waals surface area contributed by atoms with Crippen LogP contribution in [0.2, 0.25) is 0 Å². The van der Waals surface area contributed by atoms with E-state index in [4.69, 9.17) is 4.42 Å². The zero-order chi connectivity index (χ0) is 15.9. The molecule has 0 aliphatic carbocycles. The molecule has 0 saturated carbocycles. The van der Waals surface area contributed by atoms with E-state index in [0.29, 0.717) is 6.42 Å². The minimum atomic E-state index is -3.94. The monoisotopic (exact) mass is 303 g/mol. The molecule has 0 spiro atoms. The van der Waals surface area contributed by atoms with E-state index in [9.17, 15) is 18.3 Å². The number of sulfonamides is 1. The largest absolute Gasteiger partial charge is 0.478 e. The van der Waals surface area contributed by atoms with Gasteiger partial charge in [-0.2, -0.15) is 4.31 Å². The number of aromatic carboxylic acids is 1. The van der Waals surface area contributed by atoms with Gasteiger partial charge in [-0.15, -0.1) is 0 Å². The van der Waals surface area contributed by atoms with Crippen molar-refractivity contribution in [3.8, 4) is 0 Å². The van der Waals surface area contributed by atoms with Crippen molar-refractivity contribution in [3.63, 3.8) is 0 Å². The maximum absolute atomic E-state index is 12.7. The van der Waals surface area contributed by atoms with E-state index in [1.807, 2.05) is 6.92 Å². The van der Waals surface area contributed by atoms with Crippen molar-refractivity contribution >= 4 is 16.0 Å². The molecule has 0 atom stereocenters. The van der Waals surface area contributed by atoms with Crippen LogP contribution in [0, 0.1) is 13.8 Å². The molecule has 1 N–H and O–H groups in total. The van der Waals surface area contributed by atoms with Gasteiger partial charge in [0, 0.05) is 12.6 Å². The number of aryl methyl sites for hydroxylation is 2. The molecular formula is C13H21NO5S. The normalized spacial score (nSPS) is 12.9. The SMILES string of the molecule is CCC(C)(C)N(C)S(=O)(=O)c1c(C)oc(C)c1C(=O)O. The number of rotatable bonds is 5. The second-order valence-electron chi connectivity index (χ2n) is 5.36. The maximum atomic E-state index is 12.7. The molecule has 0 saturated heterocycles. The standard InChI is InChI=1S/C13H21NO5S/c1-7-13(4,5)14(6)20(17,18)11-9(3)19-8(2)10(11)12(15)16/h7H2,1-6H3,(H,15,16). The molecule has 6 nitrogen and oxygen atoms in total. The van der Waals surface area contributed by atoms with Crippen molar-refractivity contribution in [1.82, 2.24) is 4.31 Å². The van der Waals surface area contributed by atoms with Gasteiger partial charge in [-0.25, -0.2) is 13.2 Å². The van der Waals surface area contributed by atoms with Gasteiger partial charge in [-0.3, -0.25) is 0 Å². The number of carboxylic acids is 1. The van der Waals surface area contributed by atoms with Crippen LogP contribution in [0.15, 0.2) is 9.31 Å². The highest BCUT2D eigenvalue weighted by Gasteiger charge is 2.38. The Labute approximate surface area is 119 Å². The minimum Gasteiger partial charge on any atom is -0.478 e. The van der Waals surface area contributed by atoms with Crippen LogP contribution in [0.1, 0.15) is 49.1 Å². The smallest absolute Gasteiger partial charge is 0.340 e. The Hall–Kier alpha value is -1.34. The summed E-state index contributed by atoms with van der Waals surface area (Å²) in [5.74, 6) is -1.12. The van der Waals surface area contributed by atoms with E-state index in [0.717, 1.165) is 0 Å². The highest BCUT2D eigenvalue weighted by molar-refractivity contribution is 7.89. The summed E-state index contributed by atoms with van der Waals surface area (Å²) < 4.78 is 31.8. The third-order valence-corrected chi connectivity index (χ3v) is 5.98. The number of carboxylic acid groups (broad SMARTS) is 1. The minimum absolute atomic E-state index is 0.0938. The molecule has 1 aromatic rings. The summed E-state index contributed by atoms with van der Waals surface area (Å²) in [4.78, 5) is 11.0. The quantitative estimate of drug-likeness (QED) is 0.902. The zero-order valence-electron chi connectivity index (χ0n) is 12.6. The highest BCUT2D eigenvalue weighted by Crippen LogP contribution is 2.32. The predicted molar refractivity (Wildman–Crippen MR) is 74.5 cm³/mol. The van der Waals surface area contributed by atoms with Crippen LogP contribution in [0.25, 0.3) is 0 Å². The van der Waals surface area contributed by atoms with E-state index >= 15 is 0 Å². The molecule has 0 aromatic carbocycles. The summed E-state index contributed by atoms with van der Waals surface area (Å²) in [6.45, 7) is 8.34. The summed E-state index contributed by atoms with van der Waals surface area (Å²) >= 11 is 0. The summed E-state index contributed by atoms with van der Waals surface area (Å²) in [5, 5.41) is 9.22. The number of hydrogen-bond acceptors (Lipinski definition) is 4. The van der Waals surface area contributed by atoms with Crippen LogP contribution in [0.5, 0.6) is 0 Å². The Morgan fingerprint density at radius 2 is 1.80 bits per heavy atom. The van der Waals surface area contributed by atoms with E-state index in [-0.39, 0.29) is 22.0 Å². The Morgan fingerprint density at radius 1 is 1.30 bits per heavy atom. The molecule has 1 heterocycles. The van der Waals surface area contributed by atoms with Gasteiger partial charge in [0.2, 0.25) is 10.0 Å². The molecule has 114 valence electrons. The number of furan rings is 1. The van der Waals surface area contributed by atoms with Gasteiger partial charge in [0.05, 0.1) is 0 Å². The van der Waals surface area contributed by atoms with Gasteiger partial charge >= 0.3 is 5.97 Å². The van der Waals surface area contributed by atoms with Gasteiger partial charge in [0.15, 0.2) is 0 Å². The van der Waals surface area contributed by atoms with Crippen molar-refractivity contribution < 1.29 is 22.7 Å². The van der Waals surface area contributed by atoms with Crippen molar-refractivity contribution in [1.29, 1.82) is 0 Å². The average Bonchev–Trinajstić information content (AvgIpc) is 2.63. The Kier molecular flexibility index (Phi) is 4.36. The van der Waals surface area contributed by atoms with Crippen LogP contribution in [-0.4, -0.2) is 36.4 Å². The van der Waals surface area contributed by atoms with Crippen molar-refractivity contribution in [3.05, 3.63) is 17.1 Å². The first kappa shape index (κ1) is 16.7. The molecule has 0 unspecified atom stereocenters. The molecular weight excluding hydrogens is 282 g/mol. The first-order chi connectivity index (χ1) is 8.96. The number of hydrogen-bond donors (Lipinski definition) is 1. The lowest BCUT2D eigenvalue weighted by Gasteiger charge is -2.33. The zero-order valence-corrected chi connectivity index (χ0v) is 13.5. The summed E-state index contributed by atoms with van der Waals surface area (Å²) in [5.41, 5.74) is -0.909. The van der Waals surface area contributed by atoms with Crippen molar-refractivity contribution in [2.75, 3.05) is 7.05 Å². The second kappa shape index (κ2) is 5.21. The lowest BCUT2D eigenvalue weighted by atomic mass is 10.0. The molecule has 0 aliphatic rings. The lowest BCUT2D eigenvalue weighted by molar-refractivity contribution is 0.0691. The summed E-state index contributed by atoms with van der Waals surface area (Å²) in [6, 6.07) is 0. The molecule has 0 fully saturated rings. The molecule has 0 amide bonds. The molecule has 1 aromatic heterocycles. The summed E-state index contributed by atoms with van der Waals surface area (Å²) in [6.07, 6.45) is 0.598. The van der Waals surface area contributed by atoms with Crippen LogP contribution in [-0.2, 0) is 10.0 Å². The third kappa shape index (κ3) is 2.60. The molecule has 7 heteroatoms. The molecule has 1 rings (SSSR count). The Balaban J connectivity index is 3.56. The fourth-order valence-corrected chi connectivity index (χ4v) is 3.85. The first-order valence-electron chi connectivity index (χ1n) is 6.29. The fourth-order valence-electron chi connectivity index (χ4n) is 1.91. The summed E-state index contributed by atoms with van der Waals surface area (Å²) in [7, 11) is -2.48. The van der Waals surface area contributed by atoms with Gasteiger partial charge < -0.3 is 9.52 Å². The third-order valence-electron chi connectivity index (χ3n) is 3.76. The van der Waals surface area contributed by atoms with Gasteiger partial charge in [0.1, 0.15) is 22.0 Å². The van der Waals surface area contributed by atoms with Crippen LogP contribution < -0.4 is 0 Å². The van der Waals surface area contributed by atoms with Crippen molar-refractivity contribution in [2.45, 2.75) is 51.5 Å². The van der Waals surface area contributed by atoms with Gasteiger partial charge in [-0.05, 0) is 34.1 Å². The fraction of sp³-hybridized carbons (Fsp3) is 0.615. The topological polar surface area (TPSA) is 87.8 Å². The van der Waals surface area contributed by atoms with Crippen LogP contribution in [0.4, 0.5) is 0 Å². The number of carbonyl (C=O) groups is 1. The van der Waals surface area contributed by atoms with Gasteiger partial charge in [0.25, 0.3) is 0 Å². The first-order valence-corrected chi connectivity index (χ1v) is 7.73. The number of nitrogens with zero attached hydrogens (tertiary/aromatic N) is 1. The molecule has 0 bridgehead atoms. The van der Waals surface area contributed by atoms with Gasteiger partial charge in [-0.1, -0.05) is 6.92 Å². The average molecular weight is 303 g/mol. The Morgan fingerprint density at radius 3 is 2.20 bits per heavy atom. The van der Waals surface area contributed by atoms with Crippen molar-refractivity contribution in [2.24, 2.45) is 0 Å². The van der Waals surface area contributed by atoms with E-state index < -0.39 is 21.5 Å². The Bertz CT molecular complexity index is 627. The van der Waals surface area contributed by atoms with Crippen LogP contribution >= 0.6 is 0 Å². The highest BCUT2D eigenvalue weighted by atomic mass is 32.2. The maximum Gasteiger partial charge on any atom is 0.340 e. The van der Waals surface area contributed by atoms with E-state index in [2.05, 4.69) is 0 Å². The predicted octanol–water partition coefficient (Wildman–Crippen LogP) is 2.40. The molecule has 0 radical (unpaired) electrons. The van der Waals surface area contributed by atoms with Crippen LogP contribution in [0.3, 0.4) is 0 Å². The molecule has 20 heavy (non-hydrogen) atoms. The molecule has 0 aliphatic heterocycles. The van der Waals surface area contributed by atoms with E-state index in [1.54, 1.807) is 13.8 Å².